The van der Waals surface area contributed by atoms with Gasteiger partial charge in [0.25, 0.3) is 5.52 Å². The molecule has 0 bridgehead atoms. The Bertz CT molecular complexity index is 1010. The van der Waals surface area contributed by atoms with Crippen molar-refractivity contribution < 1.29 is 19.0 Å². The number of nitrogens with zero attached hydrogens (tertiary/aromatic N) is 1. The Labute approximate surface area is 181 Å². The van der Waals surface area contributed by atoms with Crippen LogP contribution in [0.1, 0.15) is 39.5 Å². The lowest BCUT2D eigenvalue weighted by Gasteiger charge is -2.15. The monoisotopic (exact) mass is 427 g/mol. The van der Waals surface area contributed by atoms with E-state index < -0.39 is 5.97 Å². The van der Waals surface area contributed by atoms with Gasteiger partial charge in [0, 0.05) is 11.6 Å². The zero-order valence-corrected chi connectivity index (χ0v) is 18.0. The van der Waals surface area contributed by atoms with E-state index in [1.165, 1.54) is 0 Å². The highest BCUT2D eigenvalue weighted by Crippen LogP contribution is 2.31. The van der Waals surface area contributed by atoms with Crippen LogP contribution in [0.25, 0.3) is 22.2 Å². The molecule has 6 heteroatoms. The minimum Gasteiger partial charge on any atom is -0.618 e. The van der Waals surface area contributed by atoms with Crippen molar-refractivity contribution in [1.82, 2.24) is 0 Å². The standard InChI is InChI=1S/C24H26ClNO4/c1-3-4-6-9-17(2)30-23(27)16-29-22-15-13-20(25)19-12-14-21(26(28)24(19)22)18-10-7-5-8-11-18/h5,7-8,10-15,17H,3-4,6,9,16H2,1-2H3. The number of fused-ring (bicyclic) bond motifs is 1. The normalized spacial score (nSPS) is 12.0. The number of carbonyl (C=O) groups excluding carboxylic acids is 1. The first-order chi connectivity index (χ1) is 14.5. The lowest BCUT2D eigenvalue weighted by atomic mass is 10.1. The Morgan fingerprint density at radius 1 is 1.10 bits per heavy atom. The molecule has 0 saturated heterocycles. The van der Waals surface area contributed by atoms with Crippen LogP contribution >= 0.6 is 11.6 Å². The average molecular weight is 428 g/mol. The fourth-order valence-corrected chi connectivity index (χ4v) is 3.57. The molecule has 0 spiro atoms. The maximum absolute atomic E-state index is 13.1. The first-order valence-electron chi connectivity index (χ1n) is 10.2. The minimum absolute atomic E-state index is 0.163. The molecule has 0 fully saturated rings. The summed E-state index contributed by atoms with van der Waals surface area (Å²) in [6, 6.07) is 16.1. The summed E-state index contributed by atoms with van der Waals surface area (Å²) >= 11 is 6.29. The van der Waals surface area contributed by atoms with Gasteiger partial charge in [-0.3, -0.25) is 0 Å². The van der Waals surface area contributed by atoms with Gasteiger partial charge in [-0.15, -0.1) is 0 Å². The van der Waals surface area contributed by atoms with Crippen LogP contribution in [0.2, 0.25) is 5.02 Å². The Morgan fingerprint density at radius 2 is 1.87 bits per heavy atom. The van der Waals surface area contributed by atoms with E-state index in [1.807, 2.05) is 37.3 Å². The van der Waals surface area contributed by atoms with Gasteiger partial charge in [-0.2, -0.15) is 4.73 Å². The molecule has 0 aliphatic carbocycles. The summed E-state index contributed by atoms with van der Waals surface area (Å²) in [5.41, 5.74) is 1.54. The van der Waals surface area contributed by atoms with Crippen molar-refractivity contribution in [2.45, 2.75) is 45.6 Å². The number of unbranched alkanes of at least 4 members (excludes halogenated alkanes) is 2. The molecule has 30 heavy (non-hydrogen) atoms. The fraction of sp³-hybridized carbons (Fsp3) is 0.333. The van der Waals surface area contributed by atoms with Crippen molar-refractivity contribution in [2.75, 3.05) is 6.61 Å². The van der Waals surface area contributed by atoms with Crippen LogP contribution in [0.5, 0.6) is 5.75 Å². The zero-order chi connectivity index (χ0) is 21.5. The van der Waals surface area contributed by atoms with Crippen LogP contribution < -0.4 is 9.47 Å². The van der Waals surface area contributed by atoms with E-state index in [0.29, 0.717) is 16.1 Å². The topological polar surface area (TPSA) is 62.5 Å². The largest absolute Gasteiger partial charge is 0.618 e. The molecule has 0 aliphatic rings. The Kier molecular flexibility index (Phi) is 7.52. The molecule has 1 aromatic heterocycles. The predicted molar refractivity (Wildman–Crippen MR) is 119 cm³/mol. The van der Waals surface area contributed by atoms with Crippen LogP contribution in [0.15, 0.2) is 54.6 Å². The summed E-state index contributed by atoms with van der Waals surface area (Å²) in [7, 11) is 0. The molecule has 0 radical (unpaired) electrons. The van der Waals surface area contributed by atoms with Gasteiger partial charge in [0.1, 0.15) is 0 Å². The van der Waals surface area contributed by atoms with Crippen LogP contribution in [-0.4, -0.2) is 18.7 Å². The maximum Gasteiger partial charge on any atom is 0.344 e. The summed E-state index contributed by atoms with van der Waals surface area (Å²) < 4.78 is 11.9. The molecular weight excluding hydrogens is 402 g/mol. The molecule has 2 aromatic carbocycles. The highest BCUT2D eigenvalue weighted by molar-refractivity contribution is 6.35. The van der Waals surface area contributed by atoms with Crippen LogP contribution in [0, 0.1) is 5.21 Å². The van der Waals surface area contributed by atoms with E-state index in [-0.39, 0.29) is 24.0 Å². The van der Waals surface area contributed by atoms with Crippen LogP contribution in [0.4, 0.5) is 0 Å². The summed E-state index contributed by atoms with van der Waals surface area (Å²) in [6.45, 7) is 3.74. The molecule has 3 rings (SSSR count). The highest BCUT2D eigenvalue weighted by atomic mass is 35.5. The number of ether oxygens (including phenoxy) is 2. The second-order valence-corrected chi connectivity index (χ2v) is 7.68. The van der Waals surface area contributed by atoms with E-state index in [1.54, 1.807) is 24.3 Å². The van der Waals surface area contributed by atoms with Crippen molar-refractivity contribution in [3.8, 4) is 17.0 Å². The van der Waals surface area contributed by atoms with E-state index in [9.17, 15) is 10.0 Å². The van der Waals surface area contributed by atoms with Crippen LogP contribution in [0.3, 0.4) is 0 Å². The summed E-state index contributed by atoms with van der Waals surface area (Å²) in [4.78, 5) is 12.2. The molecule has 5 nitrogen and oxygen atoms in total. The average Bonchev–Trinajstić information content (AvgIpc) is 2.74. The second kappa shape index (κ2) is 10.3. The van der Waals surface area contributed by atoms with Crippen LogP contribution in [-0.2, 0) is 9.53 Å². The van der Waals surface area contributed by atoms with Crippen molar-refractivity contribution in [2.24, 2.45) is 0 Å². The third-order valence-electron chi connectivity index (χ3n) is 4.92. The Hall–Kier alpha value is -2.79. The third-order valence-corrected chi connectivity index (χ3v) is 5.25. The molecule has 0 N–H and O–H groups in total. The fourth-order valence-electron chi connectivity index (χ4n) is 3.36. The lowest BCUT2D eigenvalue weighted by Crippen LogP contribution is -2.31. The van der Waals surface area contributed by atoms with Crippen molar-refractivity contribution in [1.29, 1.82) is 0 Å². The van der Waals surface area contributed by atoms with Gasteiger partial charge in [-0.1, -0.05) is 49.6 Å². The van der Waals surface area contributed by atoms with Gasteiger partial charge < -0.3 is 14.7 Å². The minimum atomic E-state index is -0.459. The molecular formula is C24H26ClNO4. The molecule has 0 amide bonds. The van der Waals surface area contributed by atoms with E-state index in [2.05, 4.69) is 6.92 Å². The zero-order valence-electron chi connectivity index (χ0n) is 17.3. The first kappa shape index (κ1) is 21.9. The molecule has 1 atom stereocenters. The quantitative estimate of drug-likeness (QED) is 0.190. The molecule has 1 heterocycles. The lowest BCUT2D eigenvalue weighted by molar-refractivity contribution is -0.565. The number of carbonyl (C=O) groups is 1. The SMILES string of the molecule is CCCCCC(C)OC(=O)COc1ccc(Cl)c2ccc(-c3ccccc3)[n+]([O-])c12. The number of aromatic nitrogens is 1. The summed E-state index contributed by atoms with van der Waals surface area (Å²) in [6.07, 6.45) is 3.91. The van der Waals surface area contributed by atoms with E-state index in [0.717, 1.165) is 36.0 Å². The first-order valence-corrected chi connectivity index (χ1v) is 10.6. The maximum atomic E-state index is 13.1. The number of hydrogen-bond acceptors (Lipinski definition) is 4. The van der Waals surface area contributed by atoms with Gasteiger partial charge in [0.2, 0.25) is 5.69 Å². The number of halogens is 1. The Balaban J connectivity index is 1.80. The summed E-state index contributed by atoms with van der Waals surface area (Å²) in [5, 5.41) is 14.1. The van der Waals surface area contributed by atoms with Crippen molar-refractivity contribution >= 4 is 28.5 Å². The smallest absolute Gasteiger partial charge is 0.344 e. The number of rotatable bonds is 9. The van der Waals surface area contributed by atoms with E-state index in [4.69, 9.17) is 21.1 Å². The predicted octanol–water partition coefficient (Wildman–Crippen LogP) is 5.68. The van der Waals surface area contributed by atoms with Gasteiger partial charge in [0.05, 0.1) is 16.5 Å². The highest BCUT2D eigenvalue weighted by Gasteiger charge is 2.20. The molecule has 1 unspecified atom stereocenters. The van der Waals surface area contributed by atoms with Gasteiger partial charge in [0.15, 0.2) is 12.4 Å². The molecule has 0 saturated carbocycles. The third kappa shape index (κ3) is 5.22. The number of benzene rings is 2. The molecule has 3 aromatic rings. The molecule has 158 valence electrons. The van der Waals surface area contributed by atoms with Gasteiger partial charge >= 0.3 is 5.97 Å². The Morgan fingerprint density at radius 3 is 2.60 bits per heavy atom. The number of pyridine rings is 1. The number of hydrogen-bond donors (Lipinski definition) is 0. The van der Waals surface area contributed by atoms with E-state index >= 15 is 0 Å². The van der Waals surface area contributed by atoms with Gasteiger partial charge in [-0.25, -0.2) is 4.79 Å². The van der Waals surface area contributed by atoms with Crippen molar-refractivity contribution in [3.05, 3.63) is 64.8 Å². The molecule has 0 aliphatic heterocycles. The number of esters is 1. The van der Waals surface area contributed by atoms with Crippen molar-refractivity contribution in [3.63, 3.8) is 0 Å². The summed E-state index contributed by atoms with van der Waals surface area (Å²) in [5.74, 6) is -0.170. The second-order valence-electron chi connectivity index (χ2n) is 7.27. The van der Waals surface area contributed by atoms with Gasteiger partial charge in [-0.05, 0) is 50.1 Å².